The Morgan fingerprint density at radius 1 is 1.21 bits per heavy atom. The molecule has 6 nitrogen and oxygen atoms in total. The fraction of sp³-hybridized carbons (Fsp3) is 0.278. The molecule has 0 spiro atoms. The smallest absolute Gasteiger partial charge is 0.349 e. The van der Waals surface area contributed by atoms with E-state index in [0.29, 0.717) is 30.1 Å². The molecule has 1 heterocycles. The Balaban J connectivity index is 2.45. The number of esters is 1. The van der Waals surface area contributed by atoms with Crippen molar-refractivity contribution in [3.63, 3.8) is 0 Å². The van der Waals surface area contributed by atoms with Gasteiger partial charge in [0, 0.05) is 6.07 Å². The highest BCUT2D eigenvalue weighted by Crippen LogP contribution is 2.20. The van der Waals surface area contributed by atoms with Crippen LogP contribution < -0.4 is 10.4 Å². The molecule has 0 aliphatic heterocycles. The molecule has 0 atom stereocenters. The molecular formula is C18H19NO5. The number of ether oxygens (including phenoxy) is 1. The minimum absolute atomic E-state index is 0.0980. The van der Waals surface area contributed by atoms with Gasteiger partial charge in [-0.05, 0) is 32.4 Å². The zero-order valence-corrected chi connectivity index (χ0v) is 13.9. The van der Waals surface area contributed by atoms with Crippen LogP contribution >= 0.6 is 0 Å². The SMILES string of the molecule is CCON=C(CC)c1c(OC(=O)c2ccccc2)cc(C)oc1=O. The maximum absolute atomic E-state index is 12.3. The third kappa shape index (κ3) is 4.10. The fourth-order valence-corrected chi connectivity index (χ4v) is 2.09. The van der Waals surface area contributed by atoms with Crippen molar-refractivity contribution in [2.45, 2.75) is 27.2 Å². The molecule has 6 heteroatoms. The van der Waals surface area contributed by atoms with Gasteiger partial charge in [-0.1, -0.05) is 30.3 Å². The molecular weight excluding hydrogens is 310 g/mol. The van der Waals surface area contributed by atoms with Gasteiger partial charge in [0.05, 0.1) is 11.3 Å². The lowest BCUT2D eigenvalue weighted by atomic mass is 10.1. The predicted octanol–water partition coefficient (Wildman–Crippen LogP) is 3.32. The summed E-state index contributed by atoms with van der Waals surface area (Å²) in [5.41, 5.74) is 0.225. The Hall–Kier alpha value is -2.89. The van der Waals surface area contributed by atoms with Crippen molar-refractivity contribution in [3.8, 4) is 5.75 Å². The van der Waals surface area contributed by atoms with Gasteiger partial charge in [0.1, 0.15) is 17.9 Å². The lowest BCUT2D eigenvalue weighted by molar-refractivity contribution is 0.0733. The minimum Gasteiger partial charge on any atom is -0.427 e. The molecule has 0 aliphatic carbocycles. The van der Waals surface area contributed by atoms with Crippen molar-refractivity contribution in [1.29, 1.82) is 0 Å². The highest BCUT2D eigenvalue weighted by Gasteiger charge is 2.20. The molecule has 24 heavy (non-hydrogen) atoms. The van der Waals surface area contributed by atoms with Crippen LogP contribution in [0.4, 0.5) is 0 Å². The van der Waals surface area contributed by atoms with E-state index < -0.39 is 11.6 Å². The van der Waals surface area contributed by atoms with Gasteiger partial charge in [0.15, 0.2) is 5.75 Å². The second-order valence-electron chi connectivity index (χ2n) is 4.95. The van der Waals surface area contributed by atoms with Gasteiger partial charge in [-0.3, -0.25) is 0 Å². The van der Waals surface area contributed by atoms with Crippen LogP contribution in [-0.4, -0.2) is 18.3 Å². The molecule has 0 aliphatic rings. The van der Waals surface area contributed by atoms with E-state index in [1.165, 1.54) is 6.07 Å². The van der Waals surface area contributed by atoms with Gasteiger partial charge in [0.2, 0.25) is 0 Å². The van der Waals surface area contributed by atoms with Gasteiger partial charge in [0.25, 0.3) is 0 Å². The van der Waals surface area contributed by atoms with E-state index in [-0.39, 0.29) is 11.3 Å². The van der Waals surface area contributed by atoms with Crippen LogP contribution in [0.1, 0.15) is 41.9 Å². The van der Waals surface area contributed by atoms with Gasteiger partial charge in [-0.15, -0.1) is 0 Å². The molecule has 126 valence electrons. The summed E-state index contributed by atoms with van der Waals surface area (Å²) >= 11 is 0. The second-order valence-corrected chi connectivity index (χ2v) is 4.95. The van der Waals surface area contributed by atoms with Crippen molar-refractivity contribution in [3.05, 3.63) is 63.7 Å². The summed E-state index contributed by atoms with van der Waals surface area (Å²) in [5, 5.41) is 3.93. The van der Waals surface area contributed by atoms with Crippen molar-refractivity contribution in [2.75, 3.05) is 6.61 Å². The van der Waals surface area contributed by atoms with Gasteiger partial charge in [-0.2, -0.15) is 0 Å². The van der Waals surface area contributed by atoms with Crippen LogP contribution in [0, 0.1) is 6.92 Å². The Morgan fingerprint density at radius 2 is 1.92 bits per heavy atom. The van der Waals surface area contributed by atoms with E-state index in [0.717, 1.165) is 0 Å². The number of carbonyl (C=O) groups excluding carboxylic acids is 1. The number of benzene rings is 1. The molecule has 0 bridgehead atoms. The zero-order chi connectivity index (χ0) is 17.5. The van der Waals surface area contributed by atoms with Crippen molar-refractivity contribution < 1.29 is 18.8 Å². The highest BCUT2D eigenvalue weighted by molar-refractivity contribution is 6.03. The molecule has 2 aromatic rings. The van der Waals surface area contributed by atoms with E-state index in [2.05, 4.69) is 5.16 Å². The summed E-state index contributed by atoms with van der Waals surface area (Å²) in [7, 11) is 0. The third-order valence-corrected chi connectivity index (χ3v) is 3.18. The van der Waals surface area contributed by atoms with E-state index in [4.69, 9.17) is 14.0 Å². The summed E-state index contributed by atoms with van der Waals surface area (Å²) in [5.74, 6) is -0.113. The number of nitrogens with zero attached hydrogens (tertiary/aromatic N) is 1. The lowest BCUT2D eigenvalue weighted by Gasteiger charge is -2.10. The minimum atomic E-state index is -0.619. The van der Waals surface area contributed by atoms with Crippen LogP contribution in [0.25, 0.3) is 0 Å². The predicted molar refractivity (Wildman–Crippen MR) is 89.6 cm³/mol. The normalized spacial score (nSPS) is 11.2. The standard InChI is InChI=1S/C18H19NO5/c1-4-14(19-22-5-2)16-15(11-12(3)23-18(16)21)24-17(20)13-9-7-6-8-10-13/h6-11H,4-5H2,1-3H3. The first-order valence-electron chi connectivity index (χ1n) is 7.68. The monoisotopic (exact) mass is 329 g/mol. The average Bonchev–Trinajstić information content (AvgIpc) is 2.57. The lowest BCUT2D eigenvalue weighted by Crippen LogP contribution is -2.20. The first-order chi connectivity index (χ1) is 11.6. The van der Waals surface area contributed by atoms with Crippen LogP contribution in [0.5, 0.6) is 5.75 Å². The number of hydrogen-bond donors (Lipinski definition) is 0. The first kappa shape index (κ1) is 17.5. The highest BCUT2D eigenvalue weighted by atomic mass is 16.6. The Bertz CT molecular complexity index is 793. The molecule has 0 radical (unpaired) electrons. The van der Waals surface area contributed by atoms with Gasteiger partial charge >= 0.3 is 11.6 Å². The van der Waals surface area contributed by atoms with Crippen molar-refractivity contribution in [2.24, 2.45) is 5.16 Å². The zero-order valence-electron chi connectivity index (χ0n) is 13.9. The average molecular weight is 329 g/mol. The molecule has 0 saturated carbocycles. The maximum atomic E-state index is 12.3. The summed E-state index contributed by atoms with van der Waals surface area (Å²) in [6.07, 6.45) is 0.420. The first-order valence-corrected chi connectivity index (χ1v) is 7.68. The molecule has 2 rings (SSSR count). The number of rotatable bonds is 6. The number of hydrogen-bond acceptors (Lipinski definition) is 6. The third-order valence-electron chi connectivity index (χ3n) is 3.18. The molecule has 1 aromatic heterocycles. The van der Waals surface area contributed by atoms with Crippen LogP contribution in [0.2, 0.25) is 0 Å². The molecule has 0 amide bonds. The molecule has 0 unspecified atom stereocenters. The second kappa shape index (κ2) is 8.10. The van der Waals surface area contributed by atoms with E-state index in [1.54, 1.807) is 44.2 Å². The molecule has 0 N–H and O–H groups in total. The summed E-state index contributed by atoms with van der Waals surface area (Å²) in [4.78, 5) is 29.6. The quantitative estimate of drug-likeness (QED) is 0.461. The van der Waals surface area contributed by atoms with E-state index >= 15 is 0 Å². The van der Waals surface area contributed by atoms with Gasteiger partial charge < -0.3 is 14.0 Å². The topological polar surface area (TPSA) is 78.1 Å². The Labute approximate surface area is 139 Å². The number of oxime groups is 1. The Kier molecular flexibility index (Phi) is 5.89. The van der Waals surface area contributed by atoms with Crippen molar-refractivity contribution in [1.82, 2.24) is 0 Å². The van der Waals surface area contributed by atoms with Gasteiger partial charge in [-0.25, -0.2) is 9.59 Å². The van der Waals surface area contributed by atoms with E-state index in [9.17, 15) is 9.59 Å². The molecule has 0 saturated heterocycles. The maximum Gasteiger partial charge on any atom is 0.349 e. The Morgan fingerprint density at radius 3 is 2.54 bits per heavy atom. The molecule has 1 aromatic carbocycles. The fourth-order valence-electron chi connectivity index (χ4n) is 2.09. The van der Waals surface area contributed by atoms with Crippen LogP contribution in [-0.2, 0) is 4.84 Å². The van der Waals surface area contributed by atoms with E-state index in [1.807, 2.05) is 6.92 Å². The largest absolute Gasteiger partial charge is 0.427 e. The number of carbonyl (C=O) groups is 1. The molecule has 0 fully saturated rings. The summed E-state index contributed by atoms with van der Waals surface area (Å²) in [6.45, 7) is 5.57. The summed E-state index contributed by atoms with van der Waals surface area (Å²) in [6, 6.07) is 10.0. The summed E-state index contributed by atoms with van der Waals surface area (Å²) < 4.78 is 10.5. The van der Waals surface area contributed by atoms with Crippen molar-refractivity contribution >= 4 is 11.7 Å². The number of aryl methyl sites for hydroxylation is 1. The van der Waals surface area contributed by atoms with Crippen LogP contribution in [0.3, 0.4) is 0 Å². The van der Waals surface area contributed by atoms with Crippen LogP contribution in [0.15, 0.2) is 50.8 Å².